The van der Waals surface area contributed by atoms with Gasteiger partial charge in [0.1, 0.15) is 5.75 Å². The normalized spacial score (nSPS) is 14.8. The molecule has 0 radical (unpaired) electrons. The summed E-state index contributed by atoms with van der Waals surface area (Å²) in [4.78, 5) is 14.6. The summed E-state index contributed by atoms with van der Waals surface area (Å²) in [7, 11) is -1.72. The van der Waals surface area contributed by atoms with Gasteiger partial charge in [-0.05, 0) is 47.0 Å². The van der Waals surface area contributed by atoms with Crippen molar-refractivity contribution in [2.75, 3.05) is 50.5 Å². The molecule has 7 nitrogen and oxygen atoms in total. The number of amides is 1. The second-order valence-corrected chi connectivity index (χ2v) is 10.5. The number of fused-ring (bicyclic) bond motifs is 1. The van der Waals surface area contributed by atoms with Crippen LogP contribution in [0.15, 0.2) is 66.7 Å². The molecular formula is C26H31N3O4S. The van der Waals surface area contributed by atoms with Crippen LogP contribution in [-0.2, 0) is 21.2 Å². The lowest BCUT2D eigenvalue weighted by molar-refractivity contribution is -0.120. The van der Waals surface area contributed by atoms with Crippen LogP contribution in [-0.4, -0.2) is 64.2 Å². The Morgan fingerprint density at radius 1 is 0.941 bits per heavy atom. The first-order chi connectivity index (χ1) is 16.5. The van der Waals surface area contributed by atoms with Crippen LogP contribution >= 0.6 is 0 Å². The number of hydrogen-bond donors (Lipinski definition) is 1. The number of sulfonamides is 1. The molecule has 0 atom stereocenters. The zero-order chi connectivity index (χ0) is 24.0. The van der Waals surface area contributed by atoms with E-state index in [9.17, 15) is 13.2 Å². The molecule has 3 aromatic rings. The Bertz CT molecular complexity index is 1220. The first-order valence-corrected chi connectivity index (χ1v) is 13.2. The van der Waals surface area contributed by atoms with Crippen molar-refractivity contribution in [3.63, 3.8) is 0 Å². The quantitative estimate of drug-likeness (QED) is 0.476. The monoisotopic (exact) mass is 481 g/mol. The van der Waals surface area contributed by atoms with Crippen LogP contribution in [0.4, 0.5) is 5.69 Å². The molecule has 1 saturated heterocycles. The van der Waals surface area contributed by atoms with E-state index in [0.29, 0.717) is 39.1 Å². The number of carbonyl (C=O) groups is 1. The van der Waals surface area contributed by atoms with E-state index in [4.69, 9.17) is 4.74 Å². The molecule has 8 heteroatoms. The van der Waals surface area contributed by atoms with Gasteiger partial charge < -0.3 is 15.0 Å². The molecule has 1 N–H and O–H groups in total. The van der Waals surface area contributed by atoms with Gasteiger partial charge in [-0.3, -0.25) is 4.79 Å². The highest BCUT2D eigenvalue weighted by molar-refractivity contribution is 7.89. The van der Waals surface area contributed by atoms with Gasteiger partial charge >= 0.3 is 0 Å². The number of carbonyl (C=O) groups excluding carboxylic acids is 1. The summed E-state index contributed by atoms with van der Waals surface area (Å²) in [5.74, 6) is 0.736. The molecule has 0 spiro atoms. The summed E-state index contributed by atoms with van der Waals surface area (Å²) in [6.45, 7) is 2.55. The topological polar surface area (TPSA) is 79.0 Å². The Morgan fingerprint density at radius 3 is 2.38 bits per heavy atom. The van der Waals surface area contributed by atoms with E-state index in [1.54, 1.807) is 11.4 Å². The van der Waals surface area contributed by atoms with Crippen molar-refractivity contribution in [3.05, 3.63) is 72.3 Å². The number of benzene rings is 3. The van der Waals surface area contributed by atoms with Crippen molar-refractivity contribution in [2.24, 2.45) is 0 Å². The summed E-state index contributed by atoms with van der Waals surface area (Å²) < 4.78 is 32.3. The first-order valence-electron chi connectivity index (χ1n) is 11.6. The number of nitrogens with one attached hydrogen (secondary N) is 1. The van der Waals surface area contributed by atoms with Gasteiger partial charge in [0.05, 0.1) is 19.3 Å². The minimum Gasteiger partial charge on any atom is -0.497 e. The van der Waals surface area contributed by atoms with E-state index >= 15 is 0 Å². The molecule has 1 heterocycles. The highest BCUT2D eigenvalue weighted by Gasteiger charge is 2.26. The Hall–Kier alpha value is -3.10. The molecule has 0 aromatic heterocycles. The third-order valence-electron chi connectivity index (χ3n) is 6.20. The third-order valence-corrected chi connectivity index (χ3v) is 8.16. The fourth-order valence-corrected chi connectivity index (χ4v) is 5.80. The highest BCUT2D eigenvalue weighted by atomic mass is 32.2. The van der Waals surface area contributed by atoms with Gasteiger partial charge in [0.15, 0.2) is 0 Å². The summed E-state index contributed by atoms with van der Waals surface area (Å²) in [6, 6.07) is 21.7. The predicted molar refractivity (Wildman–Crippen MR) is 136 cm³/mol. The molecule has 0 bridgehead atoms. The Labute approximate surface area is 201 Å². The predicted octanol–water partition coefficient (Wildman–Crippen LogP) is 3.05. The summed E-state index contributed by atoms with van der Waals surface area (Å²) in [5.41, 5.74) is 2.03. The van der Waals surface area contributed by atoms with Crippen LogP contribution in [0.25, 0.3) is 10.8 Å². The van der Waals surface area contributed by atoms with Crippen molar-refractivity contribution >= 4 is 32.4 Å². The second kappa shape index (κ2) is 10.9. The smallest absolute Gasteiger partial charge is 0.224 e. The molecule has 1 amide bonds. The van der Waals surface area contributed by atoms with Gasteiger partial charge in [0.2, 0.25) is 15.9 Å². The zero-order valence-corrected chi connectivity index (χ0v) is 20.3. The standard InChI is InChI=1S/C26H31N3O4S/c1-33-24-12-10-23(11-13-24)28-15-17-29(18-16-28)34(31,32)19-5-14-27-26(30)20-22-8-4-7-21-6-2-3-9-25(21)22/h2-4,6-13H,5,14-20H2,1H3,(H,27,30). The first kappa shape index (κ1) is 24.0. The van der Waals surface area contributed by atoms with Crippen molar-refractivity contribution in [3.8, 4) is 5.75 Å². The number of piperazine rings is 1. The number of rotatable bonds is 9. The minimum absolute atomic E-state index is 0.0318. The molecule has 1 fully saturated rings. The van der Waals surface area contributed by atoms with Crippen LogP contribution in [0, 0.1) is 0 Å². The fourth-order valence-electron chi connectivity index (χ4n) is 4.31. The van der Waals surface area contributed by atoms with Crippen molar-refractivity contribution < 1.29 is 17.9 Å². The number of methoxy groups -OCH3 is 1. The summed E-state index contributed by atoms with van der Waals surface area (Å²) >= 11 is 0. The number of ether oxygens (including phenoxy) is 1. The Balaban J connectivity index is 1.21. The van der Waals surface area contributed by atoms with Gasteiger partial charge in [0, 0.05) is 38.4 Å². The van der Waals surface area contributed by atoms with E-state index in [0.717, 1.165) is 27.8 Å². The molecule has 4 rings (SSSR count). The average molecular weight is 482 g/mol. The lowest BCUT2D eigenvalue weighted by atomic mass is 10.0. The maximum atomic E-state index is 12.8. The van der Waals surface area contributed by atoms with Crippen LogP contribution in [0.1, 0.15) is 12.0 Å². The molecule has 0 unspecified atom stereocenters. The molecule has 1 aliphatic heterocycles. The average Bonchev–Trinajstić information content (AvgIpc) is 2.87. The molecular weight excluding hydrogens is 450 g/mol. The Morgan fingerprint density at radius 2 is 1.65 bits per heavy atom. The van der Waals surface area contributed by atoms with E-state index in [2.05, 4.69) is 10.2 Å². The van der Waals surface area contributed by atoms with Gasteiger partial charge in [-0.1, -0.05) is 42.5 Å². The lowest BCUT2D eigenvalue weighted by Gasteiger charge is -2.35. The minimum atomic E-state index is -3.35. The van der Waals surface area contributed by atoms with Crippen molar-refractivity contribution in [1.29, 1.82) is 0 Å². The van der Waals surface area contributed by atoms with E-state index < -0.39 is 10.0 Å². The highest BCUT2D eigenvalue weighted by Crippen LogP contribution is 2.22. The molecule has 34 heavy (non-hydrogen) atoms. The SMILES string of the molecule is COc1ccc(N2CCN(S(=O)(=O)CCCNC(=O)Cc3cccc4ccccc34)CC2)cc1. The number of nitrogens with zero attached hydrogens (tertiary/aromatic N) is 2. The molecule has 1 aliphatic rings. The van der Waals surface area contributed by atoms with E-state index in [1.165, 1.54) is 0 Å². The largest absolute Gasteiger partial charge is 0.497 e. The van der Waals surface area contributed by atoms with E-state index in [1.807, 2.05) is 66.7 Å². The van der Waals surface area contributed by atoms with E-state index in [-0.39, 0.29) is 18.1 Å². The Kier molecular flexibility index (Phi) is 7.70. The summed E-state index contributed by atoms with van der Waals surface area (Å²) in [5, 5.41) is 5.04. The van der Waals surface area contributed by atoms with Crippen LogP contribution in [0.5, 0.6) is 5.75 Å². The van der Waals surface area contributed by atoms with Gasteiger partial charge in [-0.2, -0.15) is 4.31 Å². The number of hydrogen-bond acceptors (Lipinski definition) is 5. The van der Waals surface area contributed by atoms with Crippen LogP contribution < -0.4 is 15.0 Å². The number of anilines is 1. The van der Waals surface area contributed by atoms with Crippen molar-refractivity contribution in [2.45, 2.75) is 12.8 Å². The lowest BCUT2D eigenvalue weighted by Crippen LogP contribution is -2.49. The van der Waals surface area contributed by atoms with Gasteiger partial charge in [-0.15, -0.1) is 0 Å². The fraction of sp³-hybridized carbons (Fsp3) is 0.346. The van der Waals surface area contributed by atoms with Crippen molar-refractivity contribution in [1.82, 2.24) is 9.62 Å². The molecule has 180 valence electrons. The molecule has 3 aromatic carbocycles. The molecule has 0 saturated carbocycles. The third kappa shape index (κ3) is 5.87. The maximum absolute atomic E-state index is 12.8. The van der Waals surface area contributed by atoms with Gasteiger partial charge in [0.25, 0.3) is 0 Å². The second-order valence-electron chi connectivity index (χ2n) is 8.42. The summed E-state index contributed by atoms with van der Waals surface area (Å²) in [6.07, 6.45) is 0.670. The maximum Gasteiger partial charge on any atom is 0.224 e. The molecule has 0 aliphatic carbocycles. The van der Waals surface area contributed by atoms with Gasteiger partial charge in [-0.25, -0.2) is 8.42 Å². The zero-order valence-electron chi connectivity index (χ0n) is 19.4. The van der Waals surface area contributed by atoms with Crippen LogP contribution in [0.2, 0.25) is 0 Å². The van der Waals surface area contributed by atoms with Crippen LogP contribution in [0.3, 0.4) is 0 Å².